The third kappa shape index (κ3) is 3.11. The van der Waals surface area contributed by atoms with Gasteiger partial charge < -0.3 is 15.5 Å². The number of aromatic nitrogens is 2. The van der Waals surface area contributed by atoms with Crippen LogP contribution in [0, 0.1) is 23.0 Å². The van der Waals surface area contributed by atoms with Gasteiger partial charge in [-0.1, -0.05) is 12.6 Å². The fourth-order valence-corrected chi connectivity index (χ4v) is 6.66. The van der Waals surface area contributed by atoms with Crippen LogP contribution >= 0.6 is 11.8 Å². The molecule has 1 aromatic heterocycles. The summed E-state index contributed by atoms with van der Waals surface area (Å²) in [7, 11) is 0. The van der Waals surface area contributed by atoms with Gasteiger partial charge in [0, 0.05) is 35.5 Å². The molecule has 0 radical (unpaired) electrons. The van der Waals surface area contributed by atoms with Crippen LogP contribution in [0.5, 0.6) is 0 Å². The zero-order valence-electron chi connectivity index (χ0n) is 18.9. The molecule has 0 spiro atoms. The molecule has 4 heterocycles. The zero-order chi connectivity index (χ0) is 25.3. The number of carbonyl (C=O) groups is 2. The average molecular weight is 507 g/mol. The number of nitriles is 1. The highest BCUT2D eigenvalue weighted by Crippen LogP contribution is 2.50. The first-order chi connectivity index (χ1) is 17.3. The number of hydrogen-bond donors (Lipinski definition) is 1. The summed E-state index contributed by atoms with van der Waals surface area (Å²) in [6.07, 6.45) is 2.74. The lowest BCUT2D eigenvalue weighted by atomic mass is 9.88. The van der Waals surface area contributed by atoms with E-state index in [1.54, 1.807) is 14.5 Å². The molecule has 182 valence electrons. The van der Waals surface area contributed by atoms with Crippen molar-refractivity contribution in [1.82, 2.24) is 19.6 Å². The molecule has 36 heavy (non-hydrogen) atoms. The van der Waals surface area contributed by atoms with E-state index in [1.807, 2.05) is 0 Å². The molecule has 6 rings (SSSR count). The predicted molar refractivity (Wildman–Crippen MR) is 129 cm³/mol. The maximum absolute atomic E-state index is 15.8. The van der Waals surface area contributed by atoms with Gasteiger partial charge in [0.2, 0.25) is 5.91 Å². The molecule has 0 bridgehead atoms. The number of halogens is 2. The van der Waals surface area contributed by atoms with E-state index in [0.29, 0.717) is 48.2 Å². The van der Waals surface area contributed by atoms with Gasteiger partial charge in [-0.2, -0.15) is 10.4 Å². The lowest BCUT2D eigenvalue weighted by Gasteiger charge is -2.40. The Morgan fingerprint density at radius 1 is 1.25 bits per heavy atom. The molecule has 2 N–H and O–H groups in total. The maximum atomic E-state index is 15.8. The molecule has 3 aliphatic rings. The lowest BCUT2D eigenvalue weighted by molar-refractivity contribution is -0.128. The minimum absolute atomic E-state index is 0.155. The van der Waals surface area contributed by atoms with Crippen LogP contribution in [0.25, 0.3) is 22.0 Å². The van der Waals surface area contributed by atoms with Gasteiger partial charge in [-0.15, -0.1) is 11.8 Å². The SMILES string of the molecule is C=CC(=O)N1CCN2C(=O)c3cc(F)c(-c4ccc(F)c5c4C(C#N)C(N)S5)c4cnn(c34)C[C@@H]2C1. The van der Waals surface area contributed by atoms with Crippen molar-refractivity contribution in [2.75, 3.05) is 19.6 Å². The van der Waals surface area contributed by atoms with Crippen LogP contribution < -0.4 is 5.73 Å². The van der Waals surface area contributed by atoms with E-state index < -0.39 is 22.9 Å². The molecule has 2 aromatic carbocycles. The fourth-order valence-electron chi connectivity index (χ4n) is 5.51. The first-order valence-corrected chi connectivity index (χ1v) is 12.3. The van der Waals surface area contributed by atoms with E-state index >= 15 is 4.39 Å². The van der Waals surface area contributed by atoms with Crippen LogP contribution in [0.15, 0.2) is 41.9 Å². The number of thioether (sulfide) groups is 1. The summed E-state index contributed by atoms with van der Waals surface area (Å²) >= 11 is 1.05. The normalized spacial score (nSPS) is 22.7. The second-order valence-electron chi connectivity index (χ2n) is 9.04. The summed E-state index contributed by atoms with van der Waals surface area (Å²) in [6, 6.07) is 5.68. The van der Waals surface area contributed by atoms with Gasteiger partial charge in [0.15, 0.2) is 0 Å². The minimum Gasteiger partial charge on any atom is -0.335 e. The molecule has 3 aliphatic heterocycles. The molecular formula is C25H20F2N6O2S. The predicted octanol–water partition coefficient (Wildman–Crippen LogP) is 2.83. The third-order valence-electron chi connectivity index (χ3n) is 7.17. The van der Waals surface area contributed by atoms with Gasteiger partial charge in [0.25, 0.3) is 5.91 Å². The number of nitrogens with zero attached hydrogens (tertiary/aromatic N) is 5. The number of piperazine rings is 1. The Kier molecular flexibility index (Phi) is 5.14. The molecule has 2 unspecified atom stereocenters. The average Bonchev–Trinajstić information content (AvgIpc) is 3.41. The fraction of sp³-hybridized carbons (Fsp3) is 0.280. The lowest BCUT2D eigenvalue weighted by Crippen LogP contribution is -2.57. The van der Waals surface area contributed by atoms with Crippen LogP contribution in [0.2, 0.25) is 0 Å². The Balaban J connectivity index is 1.53. The summed E-state index contributed by atoms with van der Waals surface area (Å²) in [5, 5.41) is 13.9. The molecule has 3 aromatic rings. The van der Waals surface area contributed by atoms with Gasteiger partial charge in [0.1, 0.15) is 11.6 Å². The van der Waals surface area contributed by atoms with E-state index in [2.05, 4.69) is 17.7 Å². The molecule has 8 nitrogen and oxygen atoms in total. The Hall–Kier alpha value is -3.75. The van der Waals surface area contributed by atoms with Gasteiger partial charge in [-0.05, 0) is 29.3 Å². The summed E-state index contributed by atoms with van der Waals surface area (Å²) < 4.78 is 32.1. The van der Waals surface area contributed by atoms with Crippen LogP contribution in [-0.2, 0) is 11.3 Å². The number of benzene rings is 2. The maximum Gasteiger partial charge on any atom is 0.256 e. The van der Waals surface area contributed by atoms with Crippen LogP contribution in [0.1, 0.15) is 21.8 Å². The molecule has 1 saturated heterocycles. The van der Waals surface area contributed by atoms with Crippen molar-refractivity contribution in [3.05, 3.63) is 59.8 Å². The zero-order valence-corrected chi connectivity index (χ0v) is 19.8. The molecule has 0 aliphatic carbocycles. The van der Waals surface area contributed by atoms with Crippen molar-refractivity contribution in [2.45, 2.75) is 28.8 Å². The highest BCUT2D eigenvalue weighted by atomic mass is 32.2. The Bertz CT molecular complexity index is 1530. The number of rotatable bonds is 2. The Morgan fingerprint density at radius 3 is 2.81 bits per heavy atom. The molecule has 3 atom stereocenters. The molecule has 1 fully saturated rings. The molecular weight excluding hydrogens is 486 g/mol. The number of nitrogens with two attached hydrogens (primary N) is 1. The van der Waals surface area contributed by atoms with E-state index in [-0.39, 0.29) is 33.9 Å². The number of hydrogen-bond acceptors (Lipinski definition) is 6. The summed E-state index contributed by atoms with van der Waals surface area (Å²) in [6.45, 7) is 4.83. The quantitative estimate of drug-likeness (QED) is 0.536. The van der Waals surface area contributed by atoms with Gasteiger partial charge in [-0.25, -0.2) is 8.78 Å². The van der Waals surface area contributed by atoms with Crippen molar-refractivity contribution in [2.24, 2.45) is 5.73 Å². The summed E-state index contributed by atoms with van der Waals surface area (Å²) in [4.78, 5) is 29.3. The van der Waals surface area contributed by atoms with Crippen LogP contribution in [0.3, 0.4) is 0 Å². The smallest absolute Gasteiger partial charge is 0.256 e. The van der Waals surface area contributed by atoms with E-state index in [9.17, 15) is 19.2 Å². The van der Waals surface area contributed by atoms with E-state index in [1.165, 1.54) is 30.5 Å². The first-order valence-electron chi connectivity index (χ1n) is 11.4. The standard InChI is InChI=1S/C25H20F2N6O2S/c1-2-19(34)31-5-6-32-12(10-31)11-33-22-14(25(32)35)7-18(27)20(16(22)9-30-33)13-3-4-17(26)23-21(13)15(8-28)24(29)36-23/h2-4,7,9,12,15,24H,1,5-6,10-11,29H2/t12-,15?,24?/m0/s1. The molecule has 0 saturated carbocycles. The monoisotopic (exact) mass is 506 g/mol. The van der Waals surface area contributed by atoms with Crippen molar-refractivity contribution in [3.63, 3.8) is 0 Å². The summed E-state index contributed by atoms with van der Waals surface area (Å²) in [5.41, 5.74) is 7.61. The van der Waals surface area contributed by atoms with Gasteiger partial charge >= 0.3 is 0 Å². The van der Waals surface area contributed by atoms with Crippen molar-refractivity contribution in [1.29, 1.82) is 5.26 Å². The van der Waals surface area contributed by atoms with Crippen molar-refractivity contribution < 1.29 is 18.4 Å². The van der Waals surface area contributed by atoms with Crippen LogP contribution in [-0.4, -0.2) is 62.4 Å². The number of carbonyl (C=O) groups excluding carboxylic acids is 2. The largest absolute Gasteiger partial charge is 0.335 e. The first kappa shape index (κ1) is 22.7. The molecule has 2 amide bonds. The summed E-state index contributed by atoms with van der Waals surface area (Å²) in [5.74, 6) is -2.55. The highest BCUT2D eigenvalue weighted by molar-refractivity contribution is 8.00. The minimum atomic E-state index is -0.820. The Labute approximate surface area is 208 Å². The number of amides is 2. The van der Waals surface area contributed by atoms with Crippen molar-refractivity contribution >= 4 is 34.5 Å². The number of fused-ring (bicyclic) bond motifs is 2. The second kappa shape index (κ2) is 8.15. The van der Waals surface area contributed by atoms with Crippen LogP contribution in [0.4, 0.5) is 8.78 Å². The van der Waals surface area contributed by atoms with Gasteiger partial charge in [-0.3, -0.25) is 14.3 Å². The van der Waals surface area contributed by atoms with Gasteiger partial charge in [0.05, 0.1) is 47.2 Å². The highest BCUT2D eigenvalue weighted by Gasteiger charge is 2.40. The van der Waals surface area contributed by atoms with E-state index in [4.69, 9.17) is 5.73 Å². The second-order valence-corrected chi connectivity index (χ2v) is 10.2. The Morgan fingerprint density at radius 2 is 2.06 bits per heavy atom. The van der Waals surface area contributed by atoms with E-state index in [0.717, 1.165) is 11.8 Å². The molecule has 11 heteroatoms. The van der Waals surface area contributed by atoms with Crippen molar-refractivity contribution in [3.8, 4) is 17.2 Å². The third-order valence-corrected chi connectivity index (χ3v) is 8.36. The topological polar surface area (TPSA) is 108 Å².